The van der Waals surface area contributed by atoms with E-state index in [0.29, 0.717) is 5.69 Å². The Hall–Kier alpha value is -2.12. The minimum Gasteiger partial charge on any atom is -0.506 e. The second-order valence-corrected chi connectivity index (χ2v) is 5.04. The van der Waals surface area contributed by atoms with Gasteiger partial charge in [-0.15, -0.1) is 17.5 Å². The van der Waals surface area contributed by atoms with Crippen LogP contribution in [-0.2, 0) is 0 Å². The van der Waals surface area contributed by atoms with E-state index in [0.717, 1.165) is 25.9 Å². The van der Waals surface area contributed by atoms with Crippen molar-refractivity contribution in [2.24, 2.45) is 0 Å². The number of aromatic hydroxyl groups is 1. The highest BCUT2D eigenvalue weighted by Gasteiger charge is 2.19. The van der Waals surface area contributed by atoms with Crippen molar-refractivity contribution in [2.45, 2.75) is 18.9 Å². The van der Waals surface area contributed by atoms with Crippen molar-refractivity contribution >= 4 is 24.0 Å². The molecule has 2 aromatic rings. The average molecular weight is 324 g/mol. The van der Waals surface area contributed by atoms with Crippen LogP contribution in [0.1, 0.15) is 29.4 Å². The van der Waals surface area contributed by atoms with Crippen LogP contribution in [0.25, 0.3) is 0 Å². The molecule has 0 spiro atoms. The van der Waals surface area contributed by atoms with Crippen LogP contribution in [-0.4, -0.2) is 39.1 Å². The van der Waals surface area contributed by atoms with Gasteiger partial charge in [0, 0.05) is 0 Å². The molecule has 0 saturated carbocycles. The van der Waals surface area contributed by atoms with Gasteiger partial charge in [0.15, 0.2) is 5.69 Å². The summed E-state index contributed by atoms with van der Waals surface area (Å²) in [5.74, 6) is -0.353. The molecule has 1 saturated heterocycles. The number of phenols is 1. The maximum Gasteiger partial charge on any atom is 0.277 e. The zero-order chi connectivity index (χ0) is 14.7. The van der Waals surface area contributed by atoms with Crippen molar-refractivity contribution in [2.75, 3.05) is 18.4 Å². The second-order valence-electron chi connectivity index (χ2n) is 5.04. The Morgan fingerprint density at radius 1 is 1.32 bits per heavy atom. The van der Waals surface area contributed by atoms with E-state index in [4.69, 9.17) is 0 Å². The van der Waals surface area contributed by atoms with Gasteiger partial charge in [-0.1, -0.05) is 17.3 Å². The summed E-state index contributed by atoms with van der Waals surface area (Å²) in [6, 6.07) is 6.86. The quantitative estimate of drug-likeness (QED) is 0.746. The van der Waals surface area contributed by atoms with Crippen molar-refractivity contribution in [3.05, 3.63) is 36.2 Å². The highest BCUT2D eigenvalue weighted by atomic mass is 35.5. The Morgan fingerprint density at radius 2 is 2.05 bits per heavy atom. The molecule has 2 heterocycles. The lowest BCUT2D eigenvalue weighted by molar-refractivity contribution is 0.102. The number of hydrogen-bond acceptors (Lipinski definition) is 5. The van der Waals surface area contributed by atoms with Gasteiger partial charge in [0.2, 0.25) is 0 Å². The van der Waals surface area contributed by atoms with Crippen LogP contribution in [0, 0.1) is 0 Å². The smallest absolute Gasteiger partial charge is 0.277 e. The summed E-state index contributed by atoms with van der Waals surface area (Å²) in [7, 11) is 0. The molecule has 3 N–H and O–H groups in total. The van der Waals surface area contributed by atoms with Gasteiger partial charge in [-0.25, -0.2) is 4.68 Å². The highest BCUT2D eigenvalue weighted by molar-refractivity contribution is 6.03. The van der Waals surface area contributed by atoms with Gasteiger partial charge in [0.05, 0.1) is 17.9 Å². The van der Waals surface area contributed by atoms with Crippen molar-refractivity contribution in [1.82, 2.24) is 20.3 Å². The molecule has 118 valence electrons. The van der Waals surface area contributed by atoms with Crippen molar-refractivity contribution in [3.63, 3.8) is 0 Å². The molecule has 8 heteroatoms. The fourth-order valence-electron chi connectivity index (χ4n) is 2.40. The average Bonchev–Trinajstić information content (AvgIpc) is 3.00. The van der Waals surface area contributed by atoms with E-state index in [1.54, 1.807) is 29.1 Å². The molecule has 7 nitrogen and oxygen atoms in total. The van der Waals surface area contributed by atoms with Gasteiger partial charge < -0.3 is 15.7 Å². The minimum atomic E-state index is -0.378. The summed E-state index contributed by atoms with van der Waals surface area (Å²) in [5.41, 5.74) is 0.607. The lowest BCUT2D eigenvalue weighted by atomic mass is 10.1. The molecule has 0 radical (unpaired) electrons. The number of carbonyl (C=O) groups excluding carboxylic acids is 1. The first-order valence-corrected chi connectivity index (χ1v) is 6.96. The normalized spacial score (nSPS) is 15.1. The van der Waals surface area contributed by atoms with Crippen LogP contribution in [0.4, 0.5) is 5.69 Å². The molecule has 0 atom stereocenters. The first-order chi connectivity index (χ1) is 10.2. The Balaban J connectivity index is 0.00000176. The van der Waals surface area contributed by atoms with Gasteiger partial charge in [-0.3, -0.25) is 4.79 Å². The van der Waals surface area contributed by atoms with Gasteiger partial charge in [0.25, 0.3) is 5.91 Å². The summed E-state index contributed by atoms with van der Waals surface area (Å²) in [4.78, 5) is 12.1. The maximum absolute atomic E-state index is 12.1. The van der Waals surface area contributed by atoms with E-state index in [2.05, 4.69) is 20.9 Å². The van der Waals surface area contributed by atoms with E-state index in [9.17, 15) is 9.90 Å². The number of nitrogens with one attached hydrogen (secondary N) is 2. The van der Waals surface area contributed by atoms with Gasteiger partial charge in [-0.2, -0.15) is 0 Å². The standard InChI is InChI=1S/C14H17N5O2.ClH/c20-13-4-2-1-3-11(13)16-14(21)12-9-19(18-17-12)10-5-7-15-8-6-10;/h1-4,9-10,15,20H,5-8H2,(H,16,21);1H. The molecule has 1 aliphatic rings. The fourth-order valence-corrected chi connectivity index (χ4v) is 2.40. The molecule has 0 bridgehead atoms. The van der Waals surface area contributed by atoms with Crippen LogP contribution in [0.3, 0.4) is 0 Å². The fraction of sp³-hybridized carbons (Fsp3) is 0.357. The number of carbonyl (C=O) groups is 1. The highest BCUT2D eigenvalue weighted by Crippen LogP contribution is 2.22. The zero-order valence-corrected chi connectivity index (χ0v) is 12.7. The predicted octanol–water partition coefficient (Wildman–Crippen LogP) is 1.58. The van der Waals surface area contributed by atoms with E-state index in [-0.39, 0.29) is 35.8 Å². The van der Waals surface area contributed by atoms with E-state index in [1.165, 1.54) is 6.07 Å². The number of anilines is 1. The monoisotopic (exact) mass is 323 g/mol. The van der Waals surface area contributed by atoms with Crippen molar-refractivity contribution in [1.29, 1.82) is 0 Å². The first-order valence-electron chi connectivity index (χ1n) is 6.96. The number of benzene rings is 1. The summed E-state index contributed by atoms with van der Waals surface area (Å²) in [5, 5.41) is 23.5. The summed E-state index contributed by atoms with van der Waals surface area (Å²) in [6.45, 7) is 1.90. The van der Waals surface area contributed by atoms with E-state index >= 15 is 0 Å². The molecule has 1 aromatic heterocycles. The van der Waals surface area contributed by atoms with Gasteiger partial charge in [-0.05, 0) is 38.1 Å². The number of nitrogens with zero attached hydrogens (tertiary/aromatic N) is 3. The lowest BCUT2D eigenvalue weighted by Crippen LogP contribution is -2.29. The first kappa shape index (κ1) is 16.3. The number of amides is 1. The van der Waals surface area contributed by atoms with Crippen molar-refractivity contribution in [3.8, 4) is 5.75 Å². The molecular weight excluding hydrogens is 306 g/mol. The van der Waals surface area contributed by atoms with Gasteiger partial charge >= 0.3 is 0 Å². The number of hydrogen-bond donors (Lipinski definition) is 3. The van der Waals surface area contributed by atoms with Crippen LogP contribution >= 0.6 is 12.4 Å². The Kier molecular flexibility index (Phi) is 5.35. The Labute approximate surface area is 134 Å². The lowest BCUT2D eigenvalue weighted by Gasteiger charge is -2.22. The Bertz CT molecular complexity index is 640. The Morgan fingerprint density at radius 3 is 2.77 bits per heavy atom. The number of aromatic nitrogens is 3. The van der Waals surface area contributed by atoms with Crippen molar-refractivity contribution < 1.29 is 9.90 Å². The molecule has 0 unspecified atom stereocenters. The number of rotatable bonds is 3. The third-order valence-electron chi connectivity index (χ3n) is 3.58. The summed E-state index contributed by atoms with van der Waals surface area (Å²) >= 11 is 0. The van der Waals surface area contributed by atoms with Crippen LogP contribution in [0.5, 0.6) is 5.75 Å². The SMILES string of the molecule is Cl.O=C(Nc1ccccc1O)c1cn(C2CCNCC2)nn1. The van der Waals surface area contributed by atoms with Crippen LogP contribution in [0.2, 0.25) is 0 Å². The third-order valence-corrected chi connectivity index (χ3v) is 3.58. The molecule has 1 aromatic carbocycles. The molecule has 1 amide bonds. The second kappa shape index (κ2) is 7.24. The summed E-state index contributed by atoms with van der Waals surface area (Å²) < 4.78 is 1.75. The van der Waals surface area contributed by atoms with Crippen LogP contribution < -0.4 is 10.6 Å². The number of para-hydroxylation sites is 2. The number of halogens is 1. The van der Waals surface area contributed by atoms with Crippen LogP contribution in [0.15, 0.2) is 30.5 Å². The van der Waals surface area contributed by atoms with E-state index in [1.807, 2.05) is 0 Å². The predicted molar refractivity (Wildman–Crippen MR) is 84.5 cm³/mol. The number of piperidine rings is 1. The molecule has 3 rings (SSSR count). The zero-order valence-electron chi connectivity index (χ0n) is 11.9. The minimum absolute atomic E-state index is 0. The molecule has 1 fully saturated rings. The molecule has 0 aliphatic carbocycles. The topological polar surface area (TPSA) is 92.1 Å². The summed E-state index contributed by atoms with van der Waals surface area (Å²) in [6.07, 6.45) is 3.61. The largest absolute Gasteiger partial charge is 0.506 e. The molecular formula is C14H18ClN5O2. The molecule has 1 aliphatic heterocycles. The third kappa shape index (κ3) is 3.55. The van der Waals surface area contributed by atoms with E-state index < -0.39 is 0 Å². The number of phenolic OH excluding ortho intramolecular Hbond substituents is 1. The maximum atomic E-state index is 12.1. The molecule has 22 heavy (non-hydrogen) atoms. The van der Waals surface area contributed by atoms with Gasteiger partial charge in [0.1, 0.15) is 5.75 Å².